The third-order valence-electron chi connectivity index (χ3n) is 4.37. The molecule has 0 saturated carbocycles. The zero-order valence-electron chi connectivity index (χ0n) is 15.8. The number of rotatable bonds is 5. The van der Waals surface area contributed by atoms with Crippen LogP contribution in [0.1, 0.15) is 27.4 Å². The summed E-state index contributed by atoms with van der Waals surface area (Å²) >= 11 is 1.38. The molecule has 2 aromatic carbocycles. The van der Waals surface area contributed by atoms with Crippen LogP contribution in [0.25, 0.3) is 10.2 Å². The van der Waals surface area contributed by atoms with Crippen LogP contribution < -0.4 is 5.32 Å². The number of benzene rings is 2. The van der Waals surface area contributed by atoms with E-state index in [1.165, 1.54) is 35.6 Å². The van der Waals surface area contributed by atoms with Crippen LogP contribution >= 0.6 is 11.3 Å². The van der Waals surface area contributed by atoms with Gasteiger partial charge in [0.2, 0.25) is 0 Å². The fourth-order valence-corrected chi connectivity index (χ4v) is 5.36. The number of aromatic nitrogens is 1. The van der Waals surface area contributed by atoms with E-state index in [-0.39, 0.29) is 22.2 Å². The van der Waals surface area contributed by atoms with Crippen molar-refractivity contribution in [3.63, 3.8) is 0 Å². The molecule has 4 aromatic rings. The molecular formula is C21H18N2O4S2. The van der Waals surface area contributed by atoms with Gasteiger partial charge in [-0.1, -0.05) is 35.6 Å². The Kier molecular flexibility index (Phi) is 4.97. The Bertz CT molecular complexity index is 1310. The fourth-order valence-electron chi connectivity index (χ4n) is 3.06. The van der Waals surface area contributed by atoms with Crippen molar-refractivity contribution in [1.82, 2.24) is 4.98 Å². The van der Waals surface area contributed by atoms with Crippen LogP contribution in [0.15, 0.2) is 63.9 Å². The molecule has 1 amide bonds. The van der Waals surface area contributed by atoms with Gasteiger partial charge in [-0.15, -0.1) is 0 Å². The first-order valence-corrected chi connectivity index (χ1v) is 11.3. The number of thiazole rings is 1. The normalized spacial score (nSPS) is 11.7. The van der Waals surface area contributed by atoms with Crippen molar-refractivity contribution < 1.29 is 17.6 Å². The molecule has 2 heterocycles. The number of amides is 1. The molecule has 0 aliphatic carbocycles. The van der Waals surface area contributed by atoms with Crippen LogP contribution in [-0.4, -0.2) is 19.3 Å². The lowest BCUT2D eigenvalue weighted by molar-refractivity contribution is 0.0995. The molecule has 0 bridgehead atoms. The Morgan fingerprint density at radius 2 is 1.86 bits per heavy atom. The van der Waals surface area contributed by atoms with Gasteiger partial charge >= 0.3 is 0 Å². The summed E-state index contributed by atoms with van der Waals surface area (Å²) in [5.41, 5.74) is 3.03. The molecule has 0 fully saturated rings. The number of carbonyl (C=O) groups is 1. The summed E-state index contributed by atoms with van der Waals surface area (Å²) in [4.78, 5) is 17.2. The van der Waals surface area contributed by atoms with Gasteiger partial charge in [0.15, 0.2) is 20.7 Å². The number of anilines is 1. The number of nitrogens with one attached hydrogen (secondary N) is 1. The Morgan fingerprint density at radius 1 is 1.10 bits per heavy atom. The molecule has 4 rings (SSSR count). The van der Waals surface area contributed by atoms with Gasteiger partial charge in [-0.05, 0) is 55.3 Å². The van der Waals surface area contributed by atoms with E-state index in [2.05, 4.69) is 10.3 Å². The van der Waals surface area contributed by atoms with Gasteiger partial charge in [0, 0.05) is 0 Å². The first-order chi connectivity index (χ1) is 13.8. The predicted molar refractivity (Wildman–Crippen MR) is 113 cm³/mol. The third kappa shape index (κ3) is 4.08. The SMILES string of the molecule is Cc1cc(C)c2nc(NC(=O)c3ccc(CS(=O)(=O)c4ccccc4)o3)sc2c1. The van der Waals surface area contributed by atoms with E-state index in [9.17, 15) is 13.2 Å². The van der Waals surface area contributed by atoms with E-state index in [1.54, 1.807) is 18.2 Å². The molecule has 8 heteroatoms. The highest BCUT2D eigenvalue weighted by atomic mass is 32.2. The summed E-state index contributed by atoms with van der Waals surface area (Å²) < 4.78 is 31.4. The summed E-state index contributed by atoms with van der Waals surface area (Å²) in [5.74, 6) is -0.545. The number of hydrogen-bond acceptors (Lipinski definition) is 6. The molecule has 6 nitrogen and oxygen atoms in total. The summed E-state index contributed by atoms with van der Waals surface area (Å²) in [5, 5.41) is 3.19. The minimum Gasteiger partial charge on any atom is -0.455 e. The van der Waals surface area contributed by atoms with E-state index in [1.807, 2.05) is 26.0 Å². The average molecular weight is 427 g/mol. The van der Waals surface area contributed by atoms with E-state index in [0.29, 0.717) is 5.13 Å². The summed E-state index contributed by atoms with van der Waals surface area (Å²) in [6.07, 6.45) is 0. The maximum Gasteiger partial charge on any atom is 0.293 e. The van der Waals surface area contributed by atoms with Crippen molar-refractivity contribution in [2.24, 2.45) is 0 Å². The number of carbonyl (C=O) groups excluding carboxylic acids is 1. The number of nitrogens with zero attached hydrogens (tertiary/aromatic N) is 1. The molecule has 0 radical (unpaired) electrons. The van der Waals surface area contributed by atoms with Crippen molar-refractivity contribution in [2.45, 2.75) is 24.5 Å². The van der Waals surface area contributed by atoms with Crippen LogP contribution in [0.3, 0.4) is 0 Å². The number of hydrogen-bond donors (Lipinski definition) is 1. The first-order valence-electron chi connectivity index (χ1n) is 8.87. The maximum atomic E-state index is 12.5. The van der Waals surface area contributed by atoms with Gasteiger partial charge in [-0.2, -0.15) is 0 Å². The molecular weight excluding hydrogens is 408 g/mol. The smallest absolute Gasteiger partial charge is 0.293 e. The second-order valence-electron chi connectivity index (χ2n) is 6.74. The fraction of sp³-hybridized carbons (Fsp3) is 0.143. The van der Waals surface area contributed by atoms with Crippen molar-refractivity contribution in [3.05, 3.63) is 77.2 Å². The Labute approximate surface area is 172 Å². The topological polar surface area (TPSA) is 89.3 Å². The maximum absolute atomic E-state index is 12.5. The average Bonchev–Trinajstić information content (AvgIpc) is 3.29. The Balaban J connectivity index is 1.51. The van der Waals surface area contributed by atoms with Crippen molar-refractivity contribution in [3.8, 4) is 0 Å². The predicted octanol–water partition coefficient (Wildman–Crippen LogP) is 4.73. The van der Waals surface area contributed by atoms with E-state index in [0.717, 1.165) is 21.3 Å². The third-order valence-corrected chi connectivity index (χ3v) is 6.94. The molecule has 0 spiro atoms. The lowest BCUT2D eigenvalue weighted by atomic mass is 10.1. The van der Waals surface area contributed by atoms with Gasteiger partial charge < -0.3 is 4.42 Å². The van der Waals surface area contributed by atoms with Gasteiger partial charge in [0.05, 0.1) is 15.1 Å². The van der Waals surface area contributed by atoms with Crippen molar-refractivity contribution >= 4 is 42.4 Å². The zero-order chi connectivity index (χ0) is 20.6. The van der Waals surface area contributed by atoms with Gasteiger partial charge in [-0.3, -0.25) is 10.1 Å². The largest absolute Gasteiger partial charge is 0.455 e. The molecule has 0 atom stereocenters. The number of fused-ring (bicyclic) bond motifs is 1. The molecule has 0 aliphatic rings. The van der Waals surface area contributed by atoms with E-state index >= 15 is 0 Å². The quantitative estimate of drug-likeness (QED) is 0.498. The lowest BCUT2D eigenvalue weighted by Gasteiger charge is -2.02. The van der Waals surface area contributed by atoms with Gasteiger partial charge in [-0.25, -0.2) is 13.4 Å². The van der Waals surface area contributed by atoms with Crippen molar-refractivity contribution in [1.29, 1.82) is 0 Å². The molecule has 0 aliphatic heterocycles. The molecule has 29 heavy (non-hydrogen) atoms. The number of furan rings is 1. The molecule has 1 N–H and O–H groups in total. The van der Waals surface area contributed by atoms with Crippen LogP contribution in [-0.2, 0) is 15.6 Å². The summed E-state index contributed by atoms with van der Waals surface area (Å²) in [6.45, 7) is 3.99. The number of sulfone groups is 1. The molecule has 148 valence electrons. The highest BCUT2D eigenvalue weighted by Crippen LogP contribution is 2.29. The van der Waals surface area contributed by atoms with Crippen LogP contribution in [0.4, 0.5) is 5.13 Å². The Hall–Kier alpha value is -2.97. The van der Waals surface area contributed by atoms with Crippen LogP contribution in [0, 0.1) is 13.8 Å². The number of aryl methyl sites for hydroxylation is 2. The van der Waals surface area contributed by atoms with Crippen LogP contribution in [0.5, 0.6) is 0 Å². The van der Waals surface area contributed by atoms with Gasteiger partial charge in [0.1, 0.15) is 11.5 Å². The molecule has 2 aromatic heterocycles. The highest BCUT2D eigenvalue weighted by molar-refractivity contribution is 7.90. The zero-order valence-corrected chi connectivity index (χ0v) is 17.4. The minimum atomic E-state index is -3.55. The van der Waals surface area contributed by atoms with Crippen molar-refractivity contribution in [2.75, 3.05) is 5.32 Å². The highest BCUT2D eigenvalue weighted by Gasteiger charge is 2.20. The summed E-state index contributed by atoms with van der Waals surface area (Å²) in [7, 11) is -3.55. The van der Waals surface area contributed by atoms with Crippen LogP contribution in [0.2, 0.25) is 0 Å². The molecule has 0 saturated heterocycles. The Morgan fingerprint density at radius 3 is 2.62 bits per heavy atom. The van der Waals surface area contributed by atoms with E-state index < -0.39 is 15.7 Å². The summed E-state index contributed by atoms with van der Waals surface area (Å²) in [6, 6.07) is 15.2. The second kappa shape index (κ2) is 7.46. The van der Waals surface area contributed by atoms with E-state index in [4.69, 9.17) is 4.42 Å². The first kappa shape index (κ1) is 19.4. The van der Waals surface area contributed by atoms with Gasteiger partial charge in [0.25, 0.3) is 5.91 Å². The standard InChI is InChI=1S/C21H18N2O4S2/c1-13-10-14(2)19-18(11-13)28-21(22-19)23-20(24)17-9-8-15(27-17)12-29(25,26)16-6-4-3-5-7-16/h3-11H,12H2,1-2H3,(H,22,23,24). The minimum absolute atomic E-state index is 0.0374. The lowest BCUT2D eigenvalue weighted by Crippen LogP contribution is -2.10. The monoisotopic (exact) mass is 426 g/mol. The molecule has 0 unspecified atom stereocenters. The second-order valence-corrected chi connectivity index (χ2v) is 9.76.